The van der Waals surface area contributed by atoms with Gasteiger partial charge in [0.2, 0.25) is 5.43 Å². The van der Waals surface area contributed by atoms with Crippen LogP contribution in [0.3, 0.4) is 0 Å². The fourth-order valence-electron chi connectivity index (χ4n) is 5.32. The molecule has 0 saturated carbocycles. The van der Waals surface area contributed by atoms with Gasteiger partial charge in [-0.2, -0.15) is 0 Å². The molecule has 11 nitrogen and oxygen atoms in total. The molecule has 0 fully saturated rings. The monoisotopic (exact) mass is 625 g/mol. The summed E-state index contributed by atoms with van der Waals surface area (Å²) in [5.41, 5.74) is -1.70. The van der Waals surface area contributed by atoms with Gasteiger partial charge in [0.15, 0.2) is 5.42 Å². The van der Waals surface area contributed by atoms with E-state index in [1.165, 1.54) is 0 Å². The SMILES string of the molecule is CCOC(=O)C1=C(C(=O)OCC)C(C(=O)OCC)C(NC(C)(C)C)=c2c(oc3cc(C)c(C(C)C)cc3c2=O)=C1C(=O)OCC. The quantitative estimate of drug-likeness (QED) is 0.307. The second-order valence-electron chi connectivity index (χ2n) is 11.8. The molecule has 0 aliphatic heterocycles. The molecule has 0 bridgehead atoms. The third-order valence-electron chi connectivity index (χ3n) is 6.98. The van der Waals surface area contributed by atoms with Crippen LogP contribution in [-0.2, 0) is 38.1 Å². The van der Waals surface area contributed by atoms with Crippen molar-refractivity contribution in [3.8, 4) is 0 Å². The fourth-order valence-corrected chi connectivity index (χ4v) is 5.32. The molecule has 1 aliphatic rings. The van der Waals surface area contributed by atoms with Crippen molar-refractivity contribution >= 4 is 46.1 Å². The Morgan fingerprint density at radius 2 is 1.38 bits per heavy atom. The predicted molar refractivity (Wildman–Crippen MR) is 167 cm³/mol. The number of fused-ring (bicyclic) bond motifs is 2. The van der Waals surface area contributed by atoms with Crippen molar-refractivity contribution in [2.75, 3.05) is 26.4 Å². The molecule has 1 heterocycles. The number of esters is 4. The molecule has 45 heavy (non-hydrogen) atoms. The summed E-state index contributed by atoms with van der Waals surface area (Å²) in [5, 5.41) is 3.16. The van der Waals surface area contributed by atoms with Crippen molar-refractivity contribution < 1.29 is 42.5 Å². The smallest absolute Gasteiger partial charge is 0.342 e. The first-order valence-electron chi connectivity index (χ1n) is 15.2. The summed E-state index contributed by atoms with van der Waals surface area (Å²) in [4.78, 5) is 70.1. The second kappa shape index (κ2) is 14.1. The molecule has 0 radical (unpaired) electrons. The van der Waals surface area contributed by atoms with Gasteiger partial charge in [-0.1, -0.05) is 13.8 Å². The van der Waals surface area contributed by atoms with Crippen LogP contribution in [0.15, 0.2) is 32.5 Å². The molecule has 1 aliphatic carbocycles. The third kappa shape index (κ3) is 7.13. The molecule has 3 rings (SSSR count). The number of hydrogen-bond acceptors (Lipinski definition) is 11. The molecule has 1 N–H and O–H groups in total. The van der Waals surface area contributed by atoms with Crippen molar-refractivity contribution in [1.82, 2.24) is 5.32 Å². The van der Waals surface area contributed by atoms with Gasteiger partial charge < -0.3 is 28.7 Å². The van der Waals surface area contributed by atoms with Crippen molar-refractivity contribution in [2.45, 2.75) is 80.7 Å². The average molecular weight is 626 g/mol. The van der Waals surface area contributed by atoms with Crippen LogP contribution in [0.5, 0.6) is 0 Å². The molecule has 1 atom stereocenters. The topological polar surface area (TPSA) is 147 Å². The normalized spacial score (nSPS) is 15.0. The Balaban J connectivity index is 2.90. The maximum absolute atomic E-state index is 14.7. The van der Waals surface area contributed by atoms with Crippen molar-refractivity contribution in [2.24, 2.45) is 5.92 Å². The van der Waals surface area contributed by atoms with E-state index in [-0.39, 0.29) is 59.6 Å². The molecule has 0 amide bonds. The van der Waals surface area contributed by atoms with Gasteiger partial charge in [-0.15, -0.1) is 0 Å². The molecular weight excluding hydrogens is 582 g/mol. The van der Waals surface area contributed by atoms with E-state index in [1.54, 1.807) is 60.6 Å². The highest BCUT2D eigenvalue weighted by molar-refractivity contribution is 6.28. The molecule has 1 aromatic carbocycles. The molecule has 0 saturated heterocycles. The van der Waals surface area contributed by atoms with Crippen LogP contribution in [0, 0.1) is 12.8 Å². The largest absolute Gasteiger partial charge is 0.465 e. The van der Waals surface area contributed by atoms with Gasteiger partial charge in [0.1, 0.15) is 17.1 Å². The van der Waals surface area contributed by atoms with Gasteiger partial charge in [0, 0.05) is 11.2 Å². The summed E-state index contributed by atoms with van der Waals surface area (Å²) in [6, 6.07) is 3.40. The Hall–Kier alpha value is -4.41. The molecule has 2 aromatic rings. The van der Waals surface area contributed by atoms with Crippen LogP contribution in [0.2, 0.25) is 0 Å². The number of carbonyl (C=O) groups excluding carboxylic acids is 4. The average Bonchev–Trinajstić information content (AvgIpc) is 3.05. The molecule has 0 spiro atoms. The van der Waals surface area contributed by atoms with Crippen LogP contribution >= 0.6 is 0 Å². The summed E-state index contributed by atoms with van der Waals surface area (Å²) in [5.74, 6) is -5.89. The van der Waals surface area contributed by atoms with E-state index in [0.717, 1.165) is 11.1 Å². The van der Waals surface area contributed by atoms with Gasteiger partial charge in [0.05, 0.1) is 48.2 Å². The zero-order chi connectivity index (χ0) is 33.8. The first kappa shape index (κ1) is 35.1. The minimum absolute atomic E-state index is 0.0604. The Bertz CT molecular complexity index is 1740. The van der Waals surface area contributed by atoms with Crippen LogP contribution in [0.4, 0.5) is 0 Å². The second-order valence-corrected chi connectivity index (χ2v) is 11.8. The van der Waals surface area contributed by atoms with Gasteiger partial charge in [-0.05, 0) is 84.6 Å². The van der Waals surface area contributed by atoms with Crippen LogP contribution in [0.25, 0.3) is 22.2 Å². The van der Waals surface area contributed by atoms with Crippen LogP contribution < -0.4 is 21.4 Å². The van der Waals surface area contributed by atoms with Gasteiger partial charge in [-0.3, -0.25) is 9.59 Å². The first-order valence-corrected chi connectivity index (χ1v) is 15.2. The molecule has 244 valence electrons. The zero-order valence-corrected chi connectivity index (χ0v) is 27.7. The summed E-state index contributed by atoms with van der Waals surface area (Å²) in [6.07, 6.45) is 0. The van der Waals surface area contributed by atoms with Crippen molar-refractivity contribution in [3.05, 3.63) is 55.3 Å². The van der Waals surface area contributed by atoms with E-state index in [2.05, 4.69) is 5.32 Å². The maximum Gasteiger partial charge on any atom is 0.342 e. The maximum atomic E-state index is 14.7. The van der Waals surface area contributed by atoms with E-state index in [0.29, 0.717) is 0 Å². The Kier molecular flexibility index (Phi) is 11.0. The number of benzene rings is 1. The molecular formula is C34H43NO10. The lowest BCUT2D eigenvalue weighted by Gasteiger charge is -2.29. The standard InChI is InChI=1S/C34H43NO10/c1-11-41-30(37)22-23(31(38)42-12-2)25(33(40)44-14-4)29-26(27(35-34(8,9)10)24(22)32(39)43-13-3)28(36)20-16-19(17(5)6)18(7)15-21(20)45-29/h15-17,24,35H,11-14H2,1-10H3. The number of ether oxygens (including phenoxy) is 4. The van der Waals surface area contributed by atoms with Crippen molar-refractivity contribution in [3.63, 3.8) is 0 Å². The summed E-state index contributed by atoms with van der Waals surface area (Å²) in [7, 11) is 0. The summed E-state index contributed by atoms with van der Waals surface area (Å²) >= 11 is 0. The highest BCUT2D eigenvalue weighted by Crippen LogP contribution is 2.33. The van der Waals surface area contributed by atoms with Crippen LogP contribution in [-0.4, -0.2) is 55.8 Å². The number of hydrogen-bond donors (Lipinski definition) is 1. The summed E-state index contributed by atoms with van der Waals surface area (Å²) < 4.78 is 27.9. The minimum atomic E-state index is -1.72. The van der Waals surface area contributed by atoms with Crippen molar-refractivity contribution in [1.29, 1.82) is 0 Å². The van der Waals surface area contributed by atoms with E-state index in [9.17, 15) is 24.0 Å². The van der Waals surface area contributed by atoms with Gasteiger partial charge >= 0.3 is 23.9 Å². The molecule has 1 aromatic heterocycles. The van der Waals surface area contributed by atoms with E-state index in [1.807, 2.05) is 20.8 Å². The summed E-state index contributed by atoms with van der Waals surface area (Å²) in [6.45, 7) is 17.0. The van der Waals surface area contributed by atoms with E-state index < -0.39 is 57.5 Å². The van der Waals surface area contributed by atoms with Gasteiger partial charge in [0.25, 0.3) is 0 Å². The zero-order valence-electron chi connectivity index (χ0n) is 27.7. The minimum Gasteiger partial charge on any atom is -0.465 e. The Morgan fingerprint density at radius 1 is 0.844 bits per heavy atom. The number of rotatable bonds is 10. The highest BCUT2D eigenvalue weighted by atomic mass is 16.5. The van der Waals surface area contributed by atoms with E-state index >= 15 is 0 Å². The lowest BCUT2D eigenvalue weighted by atomic mass is 9.88. The lowest BCUT2D eigenvalue weighted by Crippen LogP contribution is -2.50. The first-order chi connectivity index (χ1) is 21.1. The number of nitrogens with one attached hydrogen (secondary N) is 1. The third-order valence-corrected chi connectivity index (χ3v) is 6.98. The fraction of sp³-hybridized carbons (Fsp3) is 0.500. The molecule has 11 heteroatoms. The Morgan fingerprint density at radius 3 is 1.89 bits per heavy atom. The van der Waals surface area contributed by atoms with Gasteiger partial charge in [-0.25, -0.2) is 14.4 Å². The lowest BCUT2D eigenvalue weighted by molar-refractivity contribution is -0.148. The number of carbonyl (C=O) groups is 4. The molecule has 1 unspecified atom stereocenters. The van der Waals surface area contributed by atoms with E-state index in [4.69, 9.17) is 23.4 Å². The number of aryl methyl sites for hydroxylation is 1. The predicted octanol–water partition coefficient (Wildman–Crippen LogP) is 3.05. The highest BCUT2D eigenvalue weighted by Gasteiger charge is 2.45. The van der Waals surface area contributed by atoms with Crippen LogP contribution in [0.1, 0.15) is 79.4 Å². The Labute approximate surface area is 262 Å².